The highest BCUT2D eigenvalue weighted by Crippen LogP contribution is 2.17. The molecule has 32 heavy (non-hydrogen) atoms. The van der Waals surface area contributed by atoms with Crippen LogP contribution in [0, 0.1) is 0 Å². The van der Waals surface area contributed by atoms with Gasteiger partial charge in [0.25, 0.3) is 5.56 Å². The predicted octanol–water partition coefficient (Wildman–Crippen LogP) is -1.91. The number of nitrogens with zero attached hydrogens (tertiary/aromatic N) is 8. The van der Waals surface area contributed by atoms with Gasteiger partial charge in [-0.1, -0.05) is 0 Å². The van der Waals surface area contributed by atoms with E-state index in [0.29, 0.717) is 13.0 Å². The van der Waals surface area contributed by atoms with Gasteiger partial charge >= 0.3 is 5.69 Å². The molecule has 0 atom stereocenters. The Hall–Kier alpha value is -3.26. The zero-order valence-corrected chi connectivity index (χ0v) is 18.8. The number of rotatable bonds is 4. The van der Waals surface area contributed by atoms with E-state index in [2.05, 4.69) is 10.1 Å². The molecule has 1 saturated heterocycles. The van der Waals surface area contributed by atoms with E-state index in [4.69, 9.17) is 0 Å². The molecule has 1 aliphatic heterocycles. The third-order valence-corrected chi connectivity index (χ3v) is 7.50. The highest BCUT2D eigenvalue weighted by atomic mass is 32.2. The maximum atomic E-state index is 13.0. The highest BCUT2D eigenvalue weighted by molar-refractivity contribution is 7.89. The number of aryl methyl sites for hydroxylation is 2. The number of carbonyl (C=O) groups is 1. The number of hydrogen-bond acceptors (Lipinski definition) is 7. The lowest BCUT2D eigenvalue weighted by Crippen LogP contribution is -2.40. The van der Waals surface area contributed by atoms with Crippen LogP contribution in [0.15, 0.2) is 33.2 Å². The summed E-state index contributed by atoms with van der Waals surface area (Å²) in [7, 11) is 0.834. The number of amides is 1. The molecule has 0 aromatic carbocycles. The summed E-state index contributed by atoms with van der Waals surface area (Å²) in [5.74, 6) is -0.263. The fraction of sp³-hybridized carbons (Fsp3) is 0.500. The summed E-state index contributed by atoms with van der Waals surface area (Å²) >= 11 is 0. The molecule has 3 aromatic heterocycles. The molecule has 0 unspecified atom stereocenters. The topological polar surface area (TPSA) is 137 Å². The summed E-state index contributed by atoms with van der Waals surface area (Å²) in [4.78, 5) is 43.4. The van der Waals surface area contributed by atoms with Crippen molar-refractivity contribution < 1.29 is 13.2 Å². The molecule has 3 aromatic rings. The molecule has 172 valence electrons. The van der Waals surface area contributed by atoms with Gasteiger partial charge in [0.15, 0.2) is 11.2 Å². The second-order valence-corrected chi connectivity index (χ2v) is 9.68. The van der Waals surface area contributed by atoms with E-state index in [1.54, 1.807) is 11.9 Å². The predicted molar refractivity (Wildman–Crippen MR) is 113 cm³/mol. The lowest BCUT2D eigenvalue weighted by molar-refractivity contribution is -0.131. The quantitative estimate of drug-likeness (QED) is 0.439. The van der Waals surface area contributed by atoms with Crippen molar-refractivity contribution >= 4 is 27.1 Å². The van der Waals surface area contributed by atoms with Crippen molar-refractivity contribution in [1.29, 1.82) is 0 Å². The lowest BCUT2D eigenvalue weighted by atomic mass is 10.3. The molecule has 0 radical (unpaired) electrons. The minimum atomic E-state index is -3.69. The molecule has 0 bridgehead atoms. The minimum Gasteiger partial charge on any atom is -0.340 e. The largest absolute Gasteiger partial charge is 0.340 e. The second-order valence-electron chi connectivity index (χ2n) is 7.74. The average Bonchev–Trinajstić information content (AvgIpc) is 3.29. The molecular weight excluding hydrogens is 440 g/mol. The molecule has 14 heteroatoms. The Morgan fingerprint density at radius 1 is 1.06 bits per heavy atom. The van der Waals surface area contributed by atoms with E-state index in [1.165, 1.54) is 50.9 Å². The first-order valence-corrected chi connectivity index (χ1v) is 11.4. The van der Waals surface area contributed by atoms with Crippen LogP contribution < -0.4 is 11.2 Å². The van der Waals surface area contributed by atoms with Gasteiger partial charge in [0, 0.05) is 53.5 Å². The van der Waals surface area contributed by atoms with E-state index in [0.717, 1.165) is 4.57 Å². The second kappa shape index (κ2) is 8.02. The van der Waals surface area contributed by atoms with Crippen LogP contribution in [0.1, 0.15) is 6.42 Å². The van der Waals surface area contributed by atoms with Gasteiger partial charge < -0.3 is 9.47 Å². The normalized spacial score (nSPS) is 15.9. The van der Waals surface area contributed by atoms with Crippen LogP contribution in [0.2, 0.25) is 0 Å². The Labute approximate surface area is 183 Å². The van der Waals surface area contributed by atoms with Crippen LogP contribution in [0.3, 0.4) is 0 Å². The third kappa shape index (κ3) is 3.64. The van der Waals surface area contributed by atoms with Gasteiger partial charge in [-0.25, -0.2) is 18.2 Å². The number of hydrogen-bond donors (Lipinski definition) is 0. The Bertz CT molecular complexity index is 1410. The van der Waals surface area contributed by atoms with E-state index < -0.39 is 21.3 Å². The zero-order valence-electron chi connectivity index (χ0n) is 18.0. The Morgan fingerprint density at radius 2 is 1.81 bits per heavy atom. The van der Waals surface area contributed by atoms with E-state index in [9.17, 15) is 22.8 Å². The first kappa shape index (κ1) is 22.0. The molecule has 1 amide bonds. The summed E-state index contributed by atoms with van der Waals surface area (Å²) in [6, 6.07) is 0. The smallest absolute Gasteiger partial charge is 0.332 e. The summed E-state index contributed by atoms with van der Waals surface area (Å²) in [6.45, 7) is 0.920. The first-order chi connectivity index (χ1) is 15.1. The van der Waals surface area contributed by atoms with Crippen LogP contribution in [0.25, 0.3) is 11.2 Å². The number of aromatic nitrogens is 6. The third-order valence-electron chi connectivity index (χ3n) is 5.65. The van der Waals surface area contributed by atoms with Crippen molar-refractivity contribution in [3.05, 3.63) is 39.6 Å². The zero-order chi connectivity index (χ0) is 23.2. The Kier molecular flexibility index (Phi) is 5.50. The van der Waals surface area contributed by atoms with Crippen molar-refractivity contribution in [3.63, 3.8) is 0 Å². The molecule has 13 nitrogen and oxygen atoms in total. The lowest BCUT2D eigenvalue weighted by Gasteiger charge is -2.22. The molecule has 0 aliphatic carbocycles. The average molecular weight is 465 g/mol. The molecule has 0 spiro atoms. The van der Waals surface area contributed by atoms with Gasteiger partial charge in [0.1, 0.15) is 11.4 Å². The van der Waals surface area contributed by atoms with Crippen molar-refractivity contribution in [2.24, 2.45) is 21.1 Å². The van der Waals surface area contributed by atoms with Crippen LogP contribution in [-0.2, 0) is 42.5 Å². The monoisotopic (exact) mass is 464 g/mol. The summed E-state index contributed by atoms with van der Waals surface area (Å²) in [6.07, 6.45) is 4.59. The molecule has 4 rings (SSSR count). The summed E-state index contributed by atoms with van der Waals surface area (Å²) in [5, 5.41) is 3.92. The number of fused-ring (bicyclic) bond motifs is 1. The fourth-order valence-electron chi connectivity index (χ4n) is 3.83. The molecule has 0 saturated carbocycles. The number of carbonyl (C=O) groups excluding carboxylic acids is 1. The van der Waals surface area contributed by atoms with Gasteiger partial charge in [-0.2, -0.15) is 9.40 Å². The molecule has 0 N–H and O–H groups in total. The van der Waals surface area contributed by atoms with Crippen LogP contribution >= 0.6 is 0 Å². The van der Waals surface area contributed by atoms with Crippen molar-refractivity contribution in [2.75, 3.05) is 26.2 Å². The van der Waals surface area contributed by atoms with E-state index in [1.807, 2.05) is 0 Å². The van der Waals surface area contributed by atoms with Crippen molar-refractivity contribution in [3.8, 4) is 0 Å². The van der Waals surface area contributed by atoms with Gasteiger partial charge in [-0.15, -0.1) is 0 Å². The first-order valence-electron chi connectivity index (χ1n) is 9.98. The minimum absolute atomic E-state index is 0.117. The van der Waals surface area contributed by atoms with Crippen LogP contribution in [0.4, 0.5) is 0 Å². The number of sulfonamides is 1. The van der Waals surface area contributed by atoms with Crippen molar-refractivity contribution in [1.82, 2.24) is 37.7 Å². The molecule has 4 heterocycles. The van der Waals surface area contributed by atoms with Gasteiger partial charge in [0.2, 0.25) is 15.9 Å². The molecular formula is C18H24N8O5S. The van der Waals surface area contributed by atoms with Gasteiger partial charge in [0.05, 0.1) is 12.5 Å². The van der Waals surface area contributed by atoms with Gasteiger partial charge in [-0.05, 0) is 6.42 Å². The van der Waals surface area contributed by atoms with Crippen LogP contribution in [0.5, 0.6) is 0 Å². The maximum Gasteiger partial charge on any atom is 0.332 e. The summed E-state index contributed by atoms with van der Waals surface area (Å²) < 4.78 is 32.1. The Morgan fingerprint density at radius 3 is 2.50 bits per heavy atom. The van der Waals surface area contributed by atoms with Crippen LogP contribution in [-0.4, -0.2) is 78.2 Å². The SMILES string of the molecule is Cn1cc(S(=O)(=O)N2CCCN(C(=O)Cn3cnc4c3c(=O)n(C)c(=O)n4C)CC2)cn1. The van der Waals surface area contributed by atoms with E-state index in [-0.39, 0.29) is 48.1 Å². The highest BCUT2D eigenvalue weighted by Gasteiger charge is 2.29. The Balaban J connectivity index is 1.52. The fourth-order valence-corrected chi connectivity index (χ4v) is 5.28. The maximum absolute atomic E-state index is 13.0. The van der Waals surface area contributed by atoms with E-state index >= 15 is 0 Å². The summed E-state index contributed by atoms with van der Waals surface area (Å²) in [5.41, 5.74) is -0.659. The van der Waals surface area contributed by atoms with Crippen molar-refractivity contribution in [2.45, 2.75) is 17.9 Å². The van der Waals surface area contributed by atoms with Gasteiger partial charge in [-0.3, -0.25) is 23.4 Å². The standard InChI is InChI=1S/C18H24N8O5S/c1-21-10-13(9-20-21)32(30,31)26-6-4-5-24(7-8-26)14(27)11-25-12-19-16-15(25)17(28)23(3)18(29)22(16)2/h9-10,12H,4-8,11H2,1-3H3. The molecule has 1 fully saturated rings. The molecule has 1 aliphatic rings. The number of imidazole rings is 1.